The molecule has 3 heteroatoms. The molecule has 0 amide bonds. The Bertz CT molecular complexity index is 468. The number of nitrogens with zero attached hydrogens (tertiary/aromatic N) is 1. The van der Waals surface area contributed by atoms with E-state index in [9.17, 15) is 4.39 Å². The predicted octanol–water partition coefficient (Wildman–Crippen LogP) is 3.34. The molecule has 0 spiro atoms. The smallest absolute Gasteiger partial charge is 0.128 e. The van der Waals surface area contributed by atoms with E-state index in [1.807, 2.05) is 6.07 Å². The summed E-state index contributed by atoms with van der Waals surface area (Å²) in [4.78, 5) is 4.08. The molecule has 0 aliphatic rings. The minimum absolute atomic E-state index is 0.287. The number of aromatic nitrogens is 1. The van der Waals surface area contributed by atoms with Gasteiger partial charge in [-0.1, -0.05) is 17.7 Å². The van der Waals surface area contributed by atoms with Crippen LogP contribution in [0.25, 0.3) is 10.9 Å². The van der Waals surface area contributed by atoms with E-state index in [0.29, 0.717) is 16.1 Å². The van der Waals surface area contributed by atoms with Crippen molar-refractivity contribution in [2.24, 2.45) is 0 Å². The molecular formula is C10H7ClFN. The van der Waals surface area contributed by atoms with Crippen LogP contribution in [-0.2, 0) is 0 Å². The fourth-order valence-electron chi connectivity index (χ4n) is 1.31. The Kier molecular flexibility index (Phi) is 1.93. The molecular weight excluding hydrogens is 189 g/mol. The SMILES string of the molecule is Cc1c(F)cc(Cl)c2ncccc12. The van der Waals surface area contributed by atoms with E-state index in [4.69, 9.17) is 11.6 Å². The maximum absolute atomic E-state index is 13.2. The molecule has 0 unspecified atom stereocenters. The molecule has 0 bridgehead atoms. The maximum Gasteiger partial charge on any atom is 0.128 e. The molecule has 66 valence electrons. The van der Waals surface area contributed by atoms with Gasteiger partial charge in [0.15, 0.2) is 0 Å². The summed E-state index contributed by atoms with van der Waals surface area (Å²) in [6.45, 7) is 1.72. The summed E-state index contributed by atoms with van der Waals surface area (Å²) < 4.78 is 13.2. The predicted molar refractivity (Wildman–Crippen MR) is 51.4 cm³/mol. The van der Waals surface area contributed by atoms with Crippen LogP contribution in [0, 0.1) is 12.7 Å². The fourth-order valence-corrected chi connectivity index (χ4v) is 1.56. The highest BCUT2D eigenvalue weighted by molar-refractivity contribution is 6.35. The van der Waals surface area contributed by atoms with Gasteiger partial charge in [0, 0.05) is 11.6 Å². The first-order chi connectivity index (χ1) is 6.20. The lowest BCUT2D eigenvalue weighted by Crippen LogP contribution is -1.87. The van der Waals surface area contributed by atoms with Crippen molar-refractivity contribution in [3.8, 4) is 0 Å². The van der Waals surface area contributed by atoms with Crippen LogP contribution in [0.3, 0.4) is 0 Å². The van der Waals surface area contributed by atoms with Crippen molar-refractivity contribution in [2.45, 2.75) is 6.92 Å². The highest BCUT2D eigenvalue weighted by Crippen LogP contribution is 2.26. The first-order valence-corrected chi connectivity index (χ1v) is 4.27. The highest BCUT2D eigenvalue weighted by atomic mass is 35.5. The summed E-state index contributed by atoms with van der Waals surface area (Å²) in [6, 6.07) is 4.88. The molecule has 0 atom stereocenters. The summed E-state index contributed by atoms with van der Waals surface area (Å²) in [6.07, 6.45) is 1.64. The van der Waals surface area contributed by atoms with Gasteiger partial charge in [-0.2, -0.15) is 0 Å². The van der Waals surface area contributed by atoms with Crippen LogP contribution < -0.4 is 0 Å². The minimum atomic E-state index is -0.287. The first-order valence-electron chi connectivity index (χ1n) is 3.89. The number of benzene rings is 1. The van der Waals surface area contributed by atoms with Crippen molar-refractivity contribution in [2.75, 3.05) is 0 Å². The second kappa shape index (κ2) is 2.96. The second-order valence-electron chi connectivity index (χ2n) is 2.86. The summed E-state index contributed by atoms with van der Waals surface area (Å²) in [5.74, 6) is -0.287. The maximum atomic E-state index is 13.2. The number of pyridine rings is 1. The minimum Gasteiger partial charge on any atom is -0.255 e. The van der Waals surface area contributed by atoms with Gasteiger partial charge in [0.25, 0.3) is 0 Å². The van der Waals surface area contributed by atoms with E-state index >= 15 is 0 Å². The normalized spacial score (nSPS) is 10.7. The fraction of sp³-hybridized carbons (Fsp3) is 0.100. The second-order valence-corrected chi connectivity index (χ2v) is 3.27. The number of hydrogen-bond donors (Lipinski definition) is 0. The highest BCUT2D eigenvalue weighted by Gasteiger charge is 2.07. The Hall–Kier alpha value is -1.15. The molecule has 1 aromatic carbocycles. The van der Waals surface area contributed by atoms with Crippen molar-refractivity contribution in [3.63, 3.8) is 0 Å². The van der Waals surface area contributed by atoms with Gasteiger partial charge in [-0.25, -0.2) is 4.39 Å². The molecule has 2 rings (SSSR count). The molecule has 1 nitrogen and oxygen atoms in total. The van der Waals surface area contributed by atoms with Crippen LogP contribution in [0.4, 0.5) is 4.39 Å². The van der Waals surface area contributed by atoms with E-state index in [1.54, 1.807) is 19.2 Å². The summed E-state index contributed by atoms with van der Waals surface area (Å²) >= 11 is 5.83. The number of halogens is 2. The number of rotatable bonds is 0. The topological polar surface area (TPSA) is 12.9 Å². The Morgan fingerprint density at radius 2 is 2.23 bits per heavy atom. The third-order valence-electron chi connectivity index (χ3n) is 2.05. The third-order valence-corrected chi connectivity index (χ3v) is 2.34. The van der Waals surface area contributed by atoms with Crippen molar-refractivity contribution in [1.29, 1.82) is 0 Å². The van der Waals surface area contributed by atoms with E-state index in [1.165, 1.54) is 6.07 Å². The number of fused-ring (bicyclic) bond motifs is 1. The molecule has 2 aromatic rings. The average Bonchev–Trinajstić information content (AvgIpc) is 2.15. The van der Waals surface area contributed by atoms with Gasteiger partial charge in [-0.05, 0) is 24.6 Å². The van der Waals surface area contributed by atoms with Crippen molar-refractivity contribution >= 4 is 22.5 Å². The lowest BCUT2D eigenvalue weighted by Gasteiger charge is -2.03. The molecule has 1 aromatic heterocycles. The van der Waals surface area contributed by atoms with Gasteiger partial charge in [-0.3, -0.25) is 4.98 Å². The molecule has 0 fully saturated rings. The van der Waals surface area contributed by atoms with Crippen LogP contribution in [0.15, 0.2) is 24.4 Å². The molecule has 0 saturated carbocycles. The molecule has 1 heterocycles. The Balaban J connectivity index is 2.97. The van der Waals surface area contributed by atoms with Crippen LogP contribution >= 0.6 is 11.6 Å². The van der Waals surface area contributed by atoms with E-state index in [-0.39, 0.29) is 5.82 Å². The monoisotopic (exact) mass is 195 g/mol. The van der Waals surface area contributed by atoms with Crippen LogP contribution in [0.2, 0.25) is 5.02 Å². The Morgan fingerprint density at radius 3 is 3.00 bits per heavy atom. The van der Waals surface area contributed by atoms with Gasteiger partial charge in [0.1, 0.15) is 5.82 Å². The van der Waals surface area contributed by atoms with Crippen LogP contribution in [-0.4, -0.2) is 4.98 Å². The van der Waals surface area contributed by atoms with E-state index < -0.39 is 0 Å². The Labute approximate surface area is 80.2 Å². The van der Waals surface area contributed by atoms with Gasteiger partial charge < -0.3 is 0 Å². The summed E-state index contributed by atoms with van der Waals surface area (Å²) in [5, 5.41) is 1.13. The first kappa shape index (κ1) is 8.45. The van der Waals surface area contributed by atoms with Crippen molar-refractivity contribution in [1.82, 2.24) is 4.98 Å². The molecule has 0 aliphatic carbocycles. The largest absolute Gasteiger partial charge is 0.255 e. The standard InChI is InChI=1S/C10H7ClFN/c1-6-7-3-2-4-13-10(7)8(11)5-9(6)12/h2-5H,1H3. The molecule has 0 saturated heterocycles. The quantitative estimate of drug-likeness (QED) is 0.628. The summed E-state index contributed by atoms with van der Waals surface area (Å²) in [5.41, 5.74) is 1.25. The zero-order valence-electron chi connectivity index (χ0n) is 7.01. The molecule has 0 radical (unpaired) electrons. The van der Waals surface area contributed by atoms with Gasteiger partial charge in [0.05, 0.1) is 10.5 Å². The lowest BCUT2D eigenvalue weighted by molar-refractivity contribution is 0.621. The number of hydrogen-bond acceptors (Lipinski definition) is 1. The van der Waals surface area contributed by atoms with Crippen molar-refractivity contribution < 1.29 is 4.39 Å². The number of aryl methyl sites for hydroxylation is 1. The van der Waals surface area contributed by atoms with Crippen molar-refractivity contribution in [3.05, 3.63) is 40.8 Å². The zero-order chi connectivity index (χ0) is 9.42. The van der Waals surface area contributed by atoms with Crippen LogP contribution in [0.5, 0.6) is 0 Å². The lowest BCUT2D eigenvalue weighted by atomic mass is 10.1. The molecule has 13 heavy (non-hydrogen) atoms. The third kappa shape index (κ3) is 1.27. The Morgan fingerprint density at radius 1 is 1.46 bits per heavy atom. The van der Waals surface area contributed by atoms with E-state index in [0.717, 1.165) is 5.39 Å². The van der Waals surface area contributed by atoms with Gasteiger partial charge >= 0.3 is 0 Å². The van der Waals surface area contributed by atoms with Gasteiger partial charge in [0.2, 0.25) is 0 Å². The summed E-state index contributed by atoms with van der Waals surface area (Å²) in [7, 11) is 0. The molecule has 0 N–H and O–H groups in total. The zero-order valence-corrected chi connectivity index (χ0v) is 7.77. The van der Waals surface area contributed by atoms with Gasteiger partial charge in [-0.15, -0.1) is 0 Å². The van der Waals surface area contributed by atoms with E-state index in [2.05, 4.69) is 4.98 Å². The molecule has 0 aliphatic heterocycles. The van der Waals surface area contributed by atoms with Crippen LogP contribution in [0.1, 0.15) is 5.56 Å². The average molecular weight is 196 g/mol.